The van der Waals surface area contributed by atoms with Crippen LogP contribution in [0.2, 0.25) is 10.0 Å². The second-order valence-electron chi connectivity index (χ2n) is 4.20. The van der Waals surface area contributed by atoms with Crippen molar-refractivity contribution in [1.82, 2.24) is 4.90 Å². The topological polar surface area (TPSA) is 40.5 Å². The number of carbonyl (C=O) groups is 1. The number of rotatable bonds is 3. The molecule has 1 atom stereocenters. The number of hydrogen-bond donors (Lipinski definition) is 1. The third-order valence-corrected chi connectivity index (χ3v) is 3.77. The Morgan fingerprint density at radius 2 is 2.18 bits per heavy atom. The van der Waals surface area contributed by atoms with Gasteiger partial charge in [-0.1, -0.05) is 29.3 Å². The Balaban J connectivity index is 2.20. The molecule has 0 spiro atoms. The minimum atomic E-state index is -0.794. The molecular formula is C12H13Cl2NO2. The van der Waals surface area contributed by atoms with E-state index in [0.29, 0.717) is 10.0 Å². The number of carboxylic acids is 1. The van der Waals surface area contributed by atoms with Crippen LogP contribution in [0.5, 0.6) is 0 Å². The molecule has 0 saturated carbocycles. The van der Waals surface area contributed by atoms with Crippen molar-refractivity contribution in [3.8, 4) is 0 Å². The Morgan fingerprint density at radius 3 is 2.82 bits per heavy atom. The van der Waals surface area contributed by atoms with Crippen molar-refractivity contribution in [3.63, 3.8) is 0 Å². The van der Waals surface area contributed by atoms with Crippen molar-refractivity contribution in [2.24, 2.45) is 0 Å². The van der Waals surface area contributed by atoms with Gasteiger partial charge in [0.1, 0.15) is 0 Å². The van der Waals surface area contributed by atoms with Crippen LogP contribution in [0.1, 0.15) is 24.4 Å². The Morgan fingerprint density at radius 1 is 1.41 bits per heavy atom. The monoisotopic (exact) mass is 273 g/mol. The van der Waals surface area contributed by atoms with E-state index in [2.05, 4.69) is 0 Å². The van der Waals surface area contributed by atoms with E-state index in [4.69, 9.17) is 28.3 Å². The SMILES string of the molecule is O=C(O)CN1CCC[C@H]1c1ccc(Cl)c(Cl)c1. The summed E-state index contributed by atoms with van der Waals surface area (Å²) >= 11 is 11.8. The van der Waals surface area contributed by atoms with Crippen LogP contribution in [0.25, 0.3) is 0 Å². The van der Waals surface area contributed by atoms with E-state index >= 15 is 0 Å². The predicted molar refractivity (Wildman–Crippen MR) is 67.6 cm³/mol. The van der Waals surface area contributed by atoms with Crippen LogP contribution in [0.4, 0.5) is 0 Å². The van der Waals surface area contributed by atoms with E-state index in [0.717, 1.165) is 24.9 Å². The molecule has 0 amide bonds. The zero-order chi connectivity index (χ0) is 12.4. The highest BCUT2D eigenvalue weighted by Gasteiger charge is 2.27. The van der Waals surface area contributed by atoms with Crippen LogP contribution < -0.4 is 0 Å². The molecule has 1 N–H and O–H groups in total. The molecule has 1 aliphatic heterocycles. The highest BCUT2D eigenvalue weighted by molar-refractivity contribution is 6.42. The van der Waals surface area contributed by atoms with Gasteiger partial charge in [-0.05, 0) is 37.1 Å². The van der Waals surface area contributed by atoms with Crippen molar-refractivity contribution in [2.75, 3.05) is 13.1 Å². The second-order valence-corrected chi connectivity index (χ2v) is 5.01. The maximum atomic E-state index is 10.8. The first-order valence-corrected chi connectivity index (χ1v) is 6.24. The summed E-state index contributed by atoms with van der Waals surface area (Å²) in [5, 5.41) is 9.89. The number of carboxylic acid groups (broad SMARTS) is 1. The fourth-order valence-electron chi connectivity index (χ4n) is 2.29. The lowest BCUT2D eigenvalue weighted by atomic mass is 10.0. The van der Waals surface area contributed by atoms with Crippen LogP contribution in [-0.2, 0) is 4.79 Å². The summed E-state index contributed by atoms with van der Waals surface area (Å²) in [6, 6.07) is 5.64. The van der Waals surface area contributed by atoms with Gasteiger partial charge in [-0.15, -0.1) is 0 Å². The van der Waals surface area contributed by atoms with Gasteiger partial charge in [0.25, 0.3) is 0 Å². The summed E-state index contributed by atoms with van der Waals surface area (Å²) in [7, 11) is 0. The lowest BCUT2D eigenvalue weighted by Crippen LogP contribution is -2.29. The molecule has 5 heteroatoms. The molecule has 17 heavy (non-hydrogen) atoms. The van der Waals surface area contributed by atoms with E-state index in [1.165, 1.54) is 0 Å². The number of halogens is 2. The molecule has 0 unspecified atom stereocenters. The molecule has 0 radical (unpaired) electrons. The molecule has 1 aromatic carbocycles. The molecule has 1 heterocycles. The molecule has 0 aromatic heterocycles. The highest BCUT2D eigenvalue weighted by atomic mass is 35.5. The average Bonchev–Trinajstić information content (AvgIpc) is 2.69. The Kier molecular flexibility index (Phi) is 3.92. The largest absolute Gasteiger partial charge is 0.480 e. The van der Waals surface area contributed by atoms with Gasteiger partial charge < -0.3 is 5.11 Å². The van der Waals surface area contributed by atoms with Gasteiger partial charge in [0.05, 0.1) is 16.6 Å². The molecule has 1 aromatic rings. The number of nitrogens with zero attached hydrogens (tertiary/aromatic N) is 1. The molecule has 0 aliphatic carbocycles. The van der Waals surface area contributed by atoms with Gasteiger partial charge in [-0.2, -0.15) is 0 Å². The number of likely N-dealkylation sites (tertiary alicyclic amines) is 1. The maximum Gasteiger partial charge on any atom is 0.317 e. The Labute approximate surface area is 110 Å². The Bertz CT molecular complexity index is 437. The third-order valence-electron chi connectivity index (χ3n) is 3.03. The summed E-state index contributed by atoms with van der Waals surface area (Å²) in [5.41, 5.74) is 1.04. The highest BCUT2D eigenvalue weighted by Crippen LogP contribution is 2.34. The first-order chi connectivity index (χ1) is 8.08. The zero-order valence-corrected chi connectivity index (χ0v) is 10.7. The van der Waals surface area contributed by atoms with Gasteiger partial charge >= 0.3 is 5.97 Å². The number of aliphatic carboxylic acids is 1. The fraction of sp³-hybridized carbons (Fsp3) is 0.417. The fourth-order valence-corrected chi connectivity index (χ4v) is 2.59. The molecule has 1 fully saturated rings. The normalized spacial score (nSPS) is 20.7. The smallest absolute Gasteiger partial charge is 0.317 e. The average molecular weight is 274 g/mol. The minimum absolute atomic E-state index is 0.0743. The molecule has 0 bridgehead atoms. The summed E-state index contributed by atoms with van der Waals surface area (Å²) in [4.78, 5) is 12.7. The molecular weight excluding hydrogens is 261 g/mol. The van der Waals surface area contributed by atoms with Gasteiger partial charge in [-0.25, -0.2) is 0 Å². The standard InChI is InChI=1S/C12H13Cl2NO2/c13-9-4-3-8(6-10(9)14)11-2-1-5-15(11)7-12(16)17/h3-4,6,11H,1-2,5,7H2,(H,16,17)/t11-/m0/s1. The van der Waals surface area contributed by atoms with Crippen molar-refractivity contribution < 1.29 is 9.90 Å². The number of hydrogen-bond acceptors (Lipinski definition) is 2. The van der Waals surface area contributed by atoms with E-state index < -0.39 is 5.97 Å². The molecule has 92 valence electrons. The van der Waals surface area contributed by atoms with Gasteiger partial charge in [0.2, 0.25) is 0 Å². The zero-order valence-electron chi connectivity index (χ0n) is 9.20. The maximum absolute atomic E-state index is 10.8. The van der Waals surface area contributed by atoms with E-state index in [-0.39, 0.29) is 12.6 Å². The van der Waals surface area contributed by atoms with Crippen molar-refractivity contribution in [2.45, 2.75) is 18.9 Å². The van der Waals surface area contributed by atoms with Crippen LogP contribution in [0.3, 0.4) is 0 Å². The summed E-state index contributed by atoms with van der Waals surface area (Å²) < 4.78 is 0. The molecule has 1 saturated heterocycles. The lowest BCUT2D eigenvalue weighted by Gasteiger charge is -2.23. The molecule has 3 nitrogen and oxygen atoms in total. The first-order valence-electron chi connectivity index (χ1n) is 5.48. The van der Waals surface area contributed by atoms with Crippen molar-refractivity contribution >= 4 is 29.2 Å². The van der Waals surface area contributed by atoms with Crippen LogP contribution >= 0.6 is 23.2 Å². The first kappa shape index (κ1) is 12.7. The molecule has 1 aliphatic rings. The van der Waals surface area contributed by atoms with Crippen LogP contribution in [0.15, 0.2) is 18.2 Å². The van der Waals surface area contributed by atoms with Crippen LogP contribution in [-0.4, -0.2) is 29.1 Å². The predicted octanol–water partition coefficient (Wildman–Crippen LogP) is 3.21. The quantitative estimate of drug-likeness (QED) is 0.920. The molecule has 2 rings (SSSR count). The van der Waals surface area contributed by atoms with E-state index in [9.17, 15) is 4.79 Å². The van der Waals surface area contributed by atoms with Gasteiger partial charge in [0.15, 0.2) is 0 Å². The minimum Gasteiger partial charge on any atom is -0.480 e. The van der Waals surface area contributed by atoms with Gasteiger partial charge in [0, 0.05) is 6.04 Å². The third kappa shape index (κ3) is 2.92. The summed E-state index contributed by atoms with van der Waals surface area (Å²) in [6.07, 6.45) is 1.98. The van der Waals surface area contributed by atoms with Crippen LogP contribution in [0, 0.1) is 0 Å². The Hall–Kier alpha value is -0.770. The summed E-state index contributed by atoms with van der Waals surface area (Å²) in [6.45, 7) is 0.891. The van der Waals surface area contributed by atoms with Crippen molar-refractivity contribution in [3.05, 3.63) is 33.8 Å². The van der Waals surface area contributed by atoms with Gasteiger partial charge in [-0.3, -0.25) is 9.69 Å². The lowest BCUT2D eigenvalue weighted by molar-refractivity contribution is -0.138. The van der Waals surface area contributed by atoms with E-state index in [1.807, 2.05) is 17.0 Å². The van der Waals surface area contributed by atoms with E-state index in [1.54, 1.807) is 6.07 Å². The summed E-state index contributed by atoms with van der Waals surface area (Å²) in [5.74, 6) is -0.794. The number of benzene rings is 1. The second kappa shape index (κ2) is 5.25. The van der Waals surface area contributed by atoms with Crippen molar-refractivity contribution in [1.29, 1.82) is 0 Å².